The molecule has 1 aromatic carbocycles. The van der Waals surface area contributed by atoms with E-state index in [4.69, 9.17) is 0 Å². The third-order valence-electron chi connectivity index (χ3n) is 2.14. The molecular formula is C12H19NSi. The molecule has 76 valence electrons. The molecule has 0 fully saturated rings. The summed E-state index contributed by atoms with van der Waals surface area (Å²) in [5, 5.41) is 1.43. The van der Waals surface area contributed by atoms with Crippen LogP contribution >= 0.6 is 0 Å². The molecule has 0 heterocycles. The molecule has 0 aliphatic heterocycles. The van der Waals surface area contributed by atoms with Gasteiger partial charge in [-0.15, -0.1) is 0 Å². The molecule has 14 heavy (non-hydrogen) atoms. The van der Waals surface area contributed by atoms with E-state index in [9.17, 15) is 0 Å². The first-order chi connectivity index (χ1) is 6.61. The topological polar surface area (TPSA) is 3.24 Å². The molecular weight excluding hydrogens is 186 g/mol. The van der Waals surface area contributed by atoms with Crippen molar-refractivity contribution in [3.8, 4) is 0 Å². The van der Waals surface area contributed by atoms with Gasteiger partial charge in [0.25, 0.3) is 0 Å². The standard InChI is InChI=1S/C12H19NSi/c1-10(2)13(11(3)4)14-12-8-6-5-7-9-12/h5-11H,1-4H3. The first-order valence-corrected chi connectivity index (χ1v) is 6.16. The van der Waals surface area contributed by atoms with E-state index in [1.165, 1.54) is 5.19 Å². The summed E-state index contributed by atoms with van der Waals surface area (Å²) >= 11 is 0. The van der Waals surface area contributed by atoms with Crippen LogP contribution in [-0.4, -0.2) is 26.3 Å². The Morgan fingerprint density at radius 2 is 1.43 bits per heavy atom. The van der Waals surface area contributed by atoms with Gasteiger partial charge in [-0.3, -0.25) is 0 Å². The highest BCUT2D eigenvalue weighted by molar-refractivity contribution is 6.50. The highest BCUT2D eigenvalue weighted by atomic mass is 28.2. The van der Waals surface area contributed by atoms with E-state index >= 15 is 0 Å². The third kappa shape index (κ3) is 3.27. The molecule has 0 N–H and O–H groups in total. The van der Waals surface area contributed by atoms with E-state index in [2.05, 4.69) is 62.6 Å². The van der Waals surface area contributed by atoms with Crippen LogP contribution in [0.4, 0.5) is 0 Å². The third-order valence-corrected chi connectivity index (χ3v) is 4.03. The van der Waals surface area contributed by atoms with Crippen LogP contribution in [0.1, 0.15) is 27.7 Å². The molecule has 0 aromatic heterocycles. The lowest BCUT2D eigenvalue weighted by molar-refractivity contribution is 0.315. The van der Waals surface area contributed by atoms with Gasteiger partial charge in [-0.05, 0) is 17.3 Å². The van der Waals surface area contributed by atoms with Gasteiger partial charge in [-0.25, -0.2) is 0 Å². The minimum absolute atomic E-state index is 0.619. The molecule has 2 heteroatoms. The quantitative estimate of drug-likeness (QED) is 0.680. The molecule has 0 saturated carbocycles. The summed E-state index contributed by atoms with van der Waals surface area (Å²) in [6, 6.07) is 11.9. The van der Waals surface area contributed by atoms with Gasteiger partial charge in [-0.1, -0.05) is 58.0 Å². The van der Waals surface area contributed by atoms with Gasteiger partial charge in [0.2, 0.25) is 0 Å². The monoisotopic (exact) mass is 205 g/mol. The van der Waals surface area contributed by atoms with Crippen LogP contribution in [0.25, 0.3) is 0 Å². The van der Waals surface area contributed by atoms with E-state index in [0.717, 1.165) is 9.68 Å². The van der Waals surface area contributed by atoms with Crippen molar-refractivity contribution in [2.24, 2.45) is 0 Å². The van der Waals surface area contributed by atoms with Crippen molar-refractivity contribution in [2.45, 2.75) is 39.8 Å². The van der Waals surface area contributed by atoms with Gasteiger partial charge in [0.15, 0.2) is 9.68 Å². The molecule has 0 amide bonds. The summed E-state index contributed by atoms with van der Waals surface area (Å²) in [5.74, 6) is 0. The summed E-state index contributed by atoms with van der Waals surface area (Å²) in [6.07, 6.45) is 0. The fourth-order valence-electron chi connectivity index (χ4n) is 1.52. The van der Waals surface area contributed by atoms with Crippen molar-refractivity contribution in [1.29, 1.82) is 0 Å². The molecule has 0 spiro atoms. The van der Waals surface area contributed by atoms with Gasteiger partial charge < -0.3 is 4.57 Å². The van der Waals surface area contributed by atoms with E-state index in [1.54, 1.807) is 0 Å². The average Bonchev–Trinajstić information content (AvgIpc) is 2.15. The highest BCUT2D eigenvalue weighted by Crippen LogP contribution is 2.02. The first kappa shape index (κ1) is 11.5. The maximum absolute atomic E-state index is 2.52. The molecule has 0 aliphatic rings. The van der Waals surface area contributed by atoms with Crippen molar-refractivity contribution in [3.05, 3.63) is 30.3 Å². The second-order valence-electron chi connectivity index (χ2n) is 4.07. The maximum Gasteiger partial charge on any atom is 0.183 e. The molecule has 1 aromatic rings. The summed E-state index contributed by atoms with van der Waals surface area (Å²) in [7, 11) is 0.790. The van der Waals surface area contributed by atoms with Crippen LogP contribution in [-0.2, 0) is 0 Å². The normalized spacial score (nSPS) is 11.6. The number of nitrogens with zero attached hydrogens (tertiary/aromatic N) is 1. The molecule has 0 aliphatic carbocycles. The Kier molecular flexibility index (Phi) is 4.36. The predicted molar refractivity (Wildman–Crippen MR) is 63.9 cm³/mol. The lowest BCUT2D eigenvalue weighted by Crippen LogP contribution is -2.44. The minimum Gasteiger partial charge on any atom is -0.317 e. The van der Waals surface area contributed by atoms with E-state index in [0.29, 0.717) is 12.1 Å². The van der Waals surface area contributed by atoms with E-state index in [1.807, 2.05) is 0 Å². The second-order valence-corrected chi connectivity index (χ2v) is 5.39. The number of benzene rings is 1. The van der Waals surface area contributed by atoms with Crippen molar-refractivity contribution in [1.82, 2.24) is 4.57 Å². The number of hydrogen-bond donors (Lipinski definition) is 0. The van der Waals surface area contributed by atoms with Crippen molar-refractivity contribution in [2.75, 3.05) is 0 Å². The summed E-state index contributed by atoms with van der Waals surface area (Å²) in [4.78, 5) is 0. The largest absolute Gasteiger partial charge is 0.317 e. The minimum atomic E-state index is 0.619. The van der Waals surface area contributed by atoms with Gasteiger partial charge in [0.1, 0.15) is 0 Å². The molecule has 1 nitrogen and oxygen atoms in total. The fourth-order valence-corrected chi connectivity index (χ4v) is 2.67. The van der Waals surface area contributed by atoms with Crippen LogP contribution in [0.15, 0.2) is 30.3 Å². The van der Waals surface area contributed by atoms with E-state index in [-0.39, 0.29) is 0 Å². The number of rotatable bonds is 4. The lowest BCUT2D eigenvalue weighted by Gasteiger charge is -2.29. The zero-order chi connectivity index (χ0) is 10.6. The SMILES string of the molecule is CC(C)N([Si]c1ccccc1)C(C)C. The second kappa shape index (κ2) is 5.32. The van der Waals surface area contributed by atoms with Crippen molar-refractivity contribution < 1.29 is 0 Å². The Morgan fingerprint density at radius 3 is 1.86 bits per heavy atom. The Balaban J connectivity index is 2.65. The summed E-state index contributed by atoms with van der Waals surface area (Å²) < 4.78 is 2.52. The van der Waals surface area contributed by atoms with E-state index < -0.39 is 0 Å². The Bertz CT molecular complexity index is 248. The van der Waals surface area contributed by atoms with Crippen LogP contribution in [0, 0.1) is 0 Å². The zero-order valence-electron chi connectivity index (χ0n) is 9.49. The van der Waals surface area contributed by atoms with Crippen molar-refractivity contribution >= 4 is 14.9 Å². The lowest BCUT2D eigenvalue weighted by atomic mass is 10.3. The highest BCUT2D eigenvalue weighted by Gasteiger charge is 2.14. The van der Waals surface area contributed by atoms with Crippen LogP contribution < -0.4 is 5.19 Å². The maximum atomic E-state index is 2.52. The molecule has 0 atom stereocenters. The Labute approximate surface area is 90.0 Å². The van der Waals surface area contributed by atoms with Gasteiger partial charge >= 0.3 is 0 Å². The smallest absolute Gasteiger partial charge is 0.183 e. The zero-order valence-corrected chi connectivity index (χ0v) is 10.5. The molecule has 2 radical (unpaired) electrons. The van der Waals surface area contributed by atoms with Crippen LogP contribution in [0.5, 0.6) is 0 Å². The summed E-state index contributed by atoms with van der Waals surface area (Å²) in [6.45, 7) is 9.04. The summed E-state index contributed by atoms with van der Waals surface area (Å²) in [5.41, 5.74) is 0. The predicted octanol–water partition coefficient (Wildman–Crippen LogP) is 2.05. The van der Waals surface area contributed by atoms with Gasteiger partial charge in [-0.2, -0.15) is 0 Å². The number of hydrogen-bond acceptors (Lipinski definition) is 1. The van der Waals surface area contributed by atoms with Crippen LogP contribution in [0.3, 0.4) is 0 Å². The molecule has 1 rings (SSSR count). The molecule has 0 saturated heterocycles. The molecule has 0 bridgehead atoms. The van der Waals surface area contributed by atoms with Crippen LogP contribution in [0.2, 0.25) is 0 Å². The average molecular weight is 205 g/mol. The Hall–Kier alpha value is -0.603. The van der Waals surface area contributed by atoms with Gasteiger partial charge in [0, 0.05) is 0 Å². The first-order valence-electron chi connectivity index (χ1n) is 5.21. The Morgan fingerprint density at radius 1 is 0.929 bits per heavy atom. The molecule has 0 unspecified atom stereocenters. The van der Waals surface area contributed by atoms with Crippen molar-refractivity contribution in [3.63, 3.8) is 0 Å². The fraction of sp³-hybridized carbons (Fsp3) is 0.500. The van der Waals surface area contributed by atoms with Gasteiger partial charge in [0.05, 0.1) is 0 Å².